The fraction of sp³-hybridized carbons (Fsp3) is 0.318. The zero-order valence-corrected chi connectivity index (χ0v) is 15.5. The van der Waals surface area contributed by atoms with E-state index in [4.69, 9.17) is 4.74 Å². The van der Waals surface area contributed by atoms with E-state index < -0.39 is 0 Å². The average Bonchev–Trinajstić information content (AvgIpc) is 3.16. The summed E-state index contributed by atoms with van der Waals surface area (Å²) in [5.41, 5.74) is 1.29. The number of nitrogens with zero attached hydrogens (tertiary/aromatic N) is 2. The van der Waals surface area contributed by atoms with Gasteiger partial charge in [0.05, 0.1) is 6.54 Å². The van der Waals surface area contributed by atoms with Crippen molar-refractivity contribution in [2.45, 2.75) is 45.3 Å². The van der Waals surface area contributed by atoms with Gasteiger partial charge >= 0.3 is 0 Å². The van der Waals surface area contributed by atoms with E-state index in [0.29, 0.717) is 12.1 Å². The van der Waals surface area contributed by atoms with Gasteiger partial charge in [-0.15, -0.1) is 0 Å². The van der Waals surface area contributed by atoms with Crippen molar-refractivity contribution in [3.63, 3.8) is 0 Å². The summed E-state index contributed by atoms with van der Waals surface area (Å²) >= 11 is 0. The molecule has 0 saturated heterocycles. The molecule has 1 N–H and O–H groups in total. The van der Waals surface area contributed by atoms with Gasteiger partial charge in [-0.05, 0) is 49.2 Å². The van der Waals surface area contributed by atoms with E-state index in [1.807, 2.05) is 65.6 Å². The Kier molecular flexibility index (Phi) is 6.45. The van der Waals surface area contributed by atoms with Crippen molar-refractivity contribution in [2.24, 2.45) is 0 Å². The van der Waals surface area contributed by atoms with E-state index in [-0.39, 0.29) is 0 Å². The van der Waals surface area contributed by atoms with E-state index in [1.165, 1.54) is 5.56 Å². The van der Waals surface area contributed by atoms with Gasteiger partial charge in [-0.3, -0.25) is 4.68 Å². The van der Waals surface area contributed by atoms with Gasteiger partial charge in [-0.25, -0.2) is 0 Å². The molecule has 0 fully saturated rings. The molecule has 3 rings (SSSR count). The molecule has 136 valence electrons. The molecule has 0 aliphatic carbocycles. The monoisotopic (exact) mass is 349 g/mol. The minimum Gasteiger partial charge on any atom is -0.457 e. The molecule has 2 aromatic carbocycles. The molecule has 1 aromatic heterocycles. The van der Waals surface area contributed by atoms with Gasteiger partial charge in [0.1, 0.15) is 11.5 Å². The summed E-state index contributed by atoms with van der Waals surface area (Å²) in [6.07, 6.45) is 6.06. The average molecular weight is 349 g/mol. The Bertz CT molecular complexity index is 754. The quantitative estimate of drug-likeness (QED) is 0.577. The number of aromatic nitrogens is 2. The Morgan fingerprint density at radius 3 is 2.38 bits per heavy atom. The highest BCUT2D eigenvalue weighted by Crippen LogP contribution is 2.25. The maximum absolute atomic E-state index is 5.89. The van der Waals surface area contributed by atoms with Crippen LogP contribution in [0.5, 0.6) is 11.5 Å². The van der Waals surface area contributed by atoms with Gasteiger partial charge in [-0.2, -0.15) is 5.10 Å². The maximum Gasteiger partial charge on any atom is 0.127 e. The lowest BCUT2D eigenvalue weighted by Gasteiger charge is -2.24. The Hall–Kier alpha value is -2.59. The molecule has 4 nitrogen and oxygen atoms in total. The van der Waals surface area contributed by atoms with Crippen LogP contribution < -0.4 is 10.1 Å². The second-order valence-corrected chi connectivity index (χ2v) is 6.62. The van der Waals surface area contributed by atoms with Gasteiger partial charge in [0, 0.05) is 24.5 Å². The summed E-state index contributed by atoms with van der Waals surface area (Å²) in [7, 11) is 0. The molecule has 0 saturated carbocycles. The van der Waals surface area contributed by atoms with Gasteiger partial charge in [0.25, 0.3) is 0 Å². The first-order chi connectivity index (χ1) is 12.7. The smallest absolute Gasteiger partial charge is 0.127 e. The van der Waals surface area contributed by atoms with Crippen LogP contribution in [0.25, 0.3) is 0 Å². The van der Waals surface area contributed by atoms with Crippen molar-refractivity contribution in [3.8, 4) is 11.5 Å². The molecule has 0 radical (unpaired) electrons. The van der Waals surface area contributed by atoms with Crippen LogP contribution in [-0.4, -0.2) is 15.8 Å². The summed E-state index contributed by atoms with van der Waals surface area (Å²) in [5.74, 6) is 1.72. The number of benzene rings is 2. The SMILES string of the molecule is CCCC(NC(C)Cn1cccn1)c1ccc(Oc2ccccc2)cc1. The van der Waals surface area contributed by atoms with Crippen LogP contribution >= 0.6 is 0 Å². The Morgan fingerprint density at radius 2 is 1.73 bits per heavy atom. The Morgan fingerprint density at radius 1 is 1.00 bits per heavy atom. The zero-order valence-electron chi connectivity index (χ0n) is 15.5. The highest BCUT2D eigenvalue weighted by Gasteiger charge is 2.14. The zero-order chi connectivity index (χ0) is 18.2. The second kappa shape index (κ2) is 9.20. The molecular weight excluding hydrogens is 322 g/mol. The maximum atomic E-state index is 5.89. The highest BCUT2D eigenvalue weighted by atomic mass is 16.5. The van der Waals surface area contributed by atoms with Crippen LogP contribution in [0.3, 0.4) is 0 Å². The first kappa shape index (κ1) is 18.2. The molecule has 2 unspecified atom stereocenters. The number of hydrogen-bond donors (Lipinski definition) is 1. The number of nitrogens with one attached hydrogen (secondary N) is 1. The van der Waals surface area contributed by atoms with Crippen LogP contribution in [0.4, 0.5) is 0 Å². The van der Waals surface area contributed by atoms with E-state index in [0.717, 1.165) is 30.9 Å². The van der Waals surface area contributed by atoms with Gasteiger partial charge in [0.2, 0.25) is 0 Å². The molecule has 0 aliphatic heterocycles. The molecular formula is C22H27N3O. The largest absolute Gasteiger partial charge is 0.457 e. The van der Waals surface area contributed by atoms with Crippen molar-refractivity contribution in [1.29, 1.82) is 0 Å². The summed E-state index contributed by atoms with van der Waals surface area (Å²) < 4.78 is 7.86. The van der Waals surface area contributed by atoms with Crippen molar-refractivity contribution >= 4 is 0 Å². The van der Waals surface area contributed by atoms with Crippen LogP contribution in [-0.2, 0) is 6.54 Å². The lowest BCUT2D eigenvalue weighted by molar-refractivity contribution is 0.384. The minimum absolute atomic E-state index is 0.330. The van der Waals surface area contributed by atoms with Gasteiger partial charge in [-0.1, -0.05) is 43.7 Å². The summed E-state index contributed by atoms with van der Waals surface area (Å²) in [6, 6.07) is 20.9. The molecule has 0 amide bonds. The first-order valence-corrected chi connectivity index (χ1v) is 9.31. The van der Waals surface area contributed by atoms with Crippen LogP contribution in [0.15, 0.2) is 73.1 Å². The summed E-state index contributed by atoms with van der Waals surface area (Å²) in [5, 5.41) is 8.03. The highest BCUT2D eigenvalue weighted by molar-refractivity contribution is 5.34. The molecule has 26 heavy (non-hydrogen) atoms. The normalized spacial score (nSPS) is 13.3. The third-order valence-electron chi connectivity index (χ3n) is 4.34. The molecule has 2 atom stereocenters. The Balaban J connectivity index is 1.63. The Labute approximate surface area is 155 Å². The third kappa shape index (κ3) is 5.20. The lowest BCUT2D eigenvalue weighted by atomic mass is 10.0. The number of rotatable bonds is 9. The lowest BCUT2D eigenvalue weighted by Crippen LogP contribution is -2.34. The number of hydrogen-bond acceptors (Lipinski definition) is 3. The predicted molar refractivity (Wildman–Crippen MR) is 105 cm³/mol. The van der Waals surface area contributed by atoms with E-state index in [1.54, 1.807) is 0 Å². The fourth-order valence-electron chi connectivity index (χ4n) is 3.11. The van der Waals surface area contributed by atoms with Crippen molar-refractivity contribution in [3.05, 3.63) is 78.6 Å². The molecule has 1 heterocycles. The number of ether oxygens (including phenoxy) is 1. The standard InChI is InChI=1S/C22H27N3O/c1-3-8-22(24-18(2)17-25-16-7-15-23-25)19-11-13-21(14-12-19)26-20-9-5-4-6-10-20/h4-7,9-16,18,22,24H,3,8,17H2,1-2H3. The summed E-state index contributed by atoms with van der Waals surface area (Å²) in [4.78, 5) is 0. The van der Waals surface area contributed by atoms with E-state index >= 15 is 0 Å². The minimum atomic E-state index is 0.330. The van der Waals surface area contributed by atoms with E-state index in [9.17, 15) is 0 Å². The number of para-hydroxylation sites is 1. The van der Waals surface area contributed by atoms with Gasteiger partial charge in [0.15, 0.2) is 0 Å². The summed E-state index contributed by atoms with van der Waals surface area (Å²) in [6.45, 7) is 5.29. The second-order valence-electron chi connectivity index (χ2n) is 6.62. The first-order valence-electron chi connectivity index (χ1n) is 9.31. The molecule has 0 aliphatic rings. The molecule has 3 aromatic rings. The predicted octanol–water partition coefficient (Wildman–Crippen LogP) is 5.19. The van der Waals surface area contributed by atoms with Crippen molar-refractivity contribution in [1.82, 2.24) is 15.1 Å². The van der Waals surface area contributed by atoms with Crippen LogP contribution in [0.2, 0.25) is 0 Å². The molecule has 4 heteroatoms. The third-order valence-corrected chi connectivity index (χ3v) is 4.34. The van der Waals surface area contributed by atoms with Crippen LogP contribution in [0.1, 0.15) is 38.3 Å². The topological polar surface area (TPSA) is 39.1 Å². The van der Waals surface area contributed by atoms with E-state index in [2.05, 4.69) is 36.4 Å². The van der Waals surface area contributed by atoms with Crippen molar-refractivity contribution < 1.29 is 4.74 Å². The van der Waals surface area contributed by atoms with Crippen molar-refractivity contribution in [2.75, 3.05) is 0 Å². The molecule has 0 bridgehead atoms. The fourth-order valence-corrected chi connectivity index (χ4v) is 3.11. The van der Waals surface area contributed by atoms with Gasteiger partial charge < -0.3 is 10.1 Å². The molecule has 0 spiro atoms. The van der Waals surface area contributed by atoms with Crippen LogP contribution in [0, 0.1) is 0 Å².